The standard InChI is InChI=1S/C8H15NO2/c1-7(2)8(3)5-4-6-9(10)11/h4-5,7-8H,6H2,1-3H3/b5-4+/t8-/m1/s1. The fourth-order valence-corrected chi connectivity index (χ4v) is 0.584. The first-order valence-electron chi connectivity index (χ1n) is 3.82. The van der Waals surface area contributed by atoms with Crippen molar-refractivity contribution in [2.45, 2.75) is 20.8 Å². The van der Waals surface area contributed by atoms with E-state index in [1.165, 1.54) is 0 Å². The molecule has 0 aliphatic carbocycles. The van der Waals surface area contributed by atoms with E-state index in [9.17, 15) is 10.1 Å². The van der Waals surface area contributed by atoms with Crippen molar-refractivity contribution in [3.05, 3.63) is 22.3 Å². The highest BCUT2D eigenvalue weighted by molar-refractivity contribution is 4.87. The summed E-state index contributed by atoms with van der Waals surface area (Å²) in [7, 11) is 0. The molecule has 11 heavy (non-hydrogen) atoms. The Balaban J connectivity index is 3.65. The molecule has 0 bridgehead atoms. The summed E-state index contributed by atoms with van der Waals surface area (Å²) in [6.45, 7) is 6.19. The third-order valence-corrected chi connectivity index (χ3v) is 1.75. The van der Waals surface area contributed by atoms with Crippen molar-refractivity contribution in [2.24, 2.45) is 11.8 Å². The van der Waals surface area contributed by atoms with E-state index in [1.54, 1.807) is 6.08 Å². The SMILES string of the molecule is CC(C)[C@H](C)/C=C/C[N+](=O)[O-]. The normalized spacial score (nSPS) is 14.2. The van der Waals surface area contributed by atoms with E-state index >= 15 is 0 Å². The van der Waals surface area contributed by atoms with Gasteiger partial charge < -0.3 is 0 Å². The second kappa shape index (κ2) is 4.88. The maximum Gasteiger partial charge on any atom is 0.222 e. The topological polar surface area (TPSA) is 43.1 Å². The van der Waals surface area contributed by atoms with E-state index in [1.807, 2.05) is 6.08 Å². The molecule has 0 amide bonds. The Morgan fingerprint density at radius 3 is 2.36 bits per heavy atom. The zero-order valence-corrected chi connectivity index (χ0v) is 7.28. The molecule has 0 fully saturated rings. The minimum Gasteiger partial charge on any atom is -0.264 e. The van der Waals surface area contributed by atoms with Gasteiger partial charge in [-0.25, -0.2) is 0 Å². The lowest BCUT2D eigenvalue weighted by Crippen LogP contribution is -2.01. The Morgan fingerprint density at radius 2 is 2.00 bits per heavy atom. The lowest BCUT2D eigenvalue weighted by atomic mass is 9.98. The van der Waals surface area contributed by atoms with Crippen molar-refractivity contribution in [3.63, 3.8) is 0 Å². The molecular formula is C8H15NO2. The summed E-state index contributed by atoms with van der Waals surface area (Å²) < 4.78 is 0. The van der Waals surface area contributed by atoms with Crippen LogP contribution in [0.5, 0.6) is 0 Å². The van der Waals surface area contributed by atoms with Crippen LogP contribution in [0.25, 0.3) is 0 Å². The molecule has 3 nitrogen and oxygen atoms in total. The summed E-state index contributed by atoms with van der Waals surface area (Å²) in [5.74, 6) is 0.980. The van der Waals surface area contributed by atoms with Gasteiger partial charge >= 0.3 is 0 Å². The smallest absolute Gasteiger partial charge is 0.222 e. The molecule has 0 aromatic heterocycles. The van der Waals surface area contributed by atoms with Gasteiger partial charge in [0.25, 0.3) is 0 Å². The van der Waals surface area contributed by atoms with Crippen LogP contribution in [0.4, 0.5) is 0 Å². The van der Waals surface area contributed by atoms with Gasteiger partial charge in [-0.1, -0.05) is 26.8 Å². The van der Waals surface area contributed by atoms with Gasteiger partial charge in [-0.3, -0.25) is 10.1 Å². The highest BCUT2D eigenvalue weighted by Crippen LogP contribution is 2.10. The van der Waals surface area contributed by atoms with E-state index in [4.69, 9.17) is 0 Å². The molecule has 0 saturated carbocycles. The van der Waals surface area contributed by atoms with E-state index in [0.717, 1.165) is 0 Å². The Morgan fingerprint density at radius 1 is 1.45 bits per heavy atom. The summed E-state index contributed by atoms with van der Waals surface area (Å²) in [6, 6.07) is 0. The summed E-state index contributed by atoms with van der Waals surface area (Å²) in [6.07, 6.45) is 3.51. The van der Waals surface area contributed by atoms with E-state index < -0.39 is 0 Å². The van der Waals surface area contributed by atoms with Crippen LogP contribution in [0, 0.1) is 22.0 Å². The number of rotatable bonds is 4. The number of allylic oxidation sites excluding steroid dienone is 1. The van der Waals surface area contributed by atoms with Crippen LogP contribution < -0.4 is 0 Å². The molecule has 0 rings (SSSR count). The van der Waals surface area contributed by atoms with Crippen LogP contribution in [0.1, 0.15) is 20.8 Å². The minimum atomic E-state index is -0.330. The van der Waals surface area contributed by atoms with Gasteiger partial charge in [0.1, 0.15) is 0 Å². The zero-order chi connectivity index (χ0) is 8.85. The van der Waals surface area contributed by atoms with Crippen molar-refractivity contribution in [1.82, 2.24) is 0 Å². The number of nitro groups is 1. The Labute approximate surface area is 67.3 Å². The fraction of sp³-hybridized carbons (Fsp3) is 0.750. The van der Waals surface area contributed by atoms with Crippen LogP contribution in [0.3, 0.4) is 0 Å². The third-order valence-electron chi connectivity index (χ3n) is 1.75. The molecule has 0 radical (unpaired) electrons. The molecule has 0 spiro atoms. The molecule has 64 valence electrons. The fourth-order valence-electron chi connectivity index (χ4n) is 0.584. The maximum atomic E-state index is 9.90. The Hall–Kier alpha value is -0.860. The first-order chi connectivity index (χ1) is 5.04. The minimum absolute atomic E-state index is 0.0585. The van der Waals surface area contributed by atoms with Crippen LogP contribution in [0.2, 0.25) is 0 Å². The first-order valence-corrected chi connectivity index (χ1v) is 3.82. The van der Waals surface area contributed by atoms with Crippen molar-refractivity contribution < 1.29 is 4.92 Å². The molecule has 0 aromatic rings. The largest absolute Gasteiger partial charge is 0.264 e. The van der Waals surface area contributed by atoms with Gasteiger partial charge in [-0.05, 0) is 17.9 Å². The second-order valence-corrected chi connectivity index (χ2v) is 3.05. The van der Waals surface area contributed by atoms with Gasteiger partial charge in [0, 0.05) is 4.92 Å². The van der Waals surface area contributed by atoms with Crippen LogP contribution in [0.15, 0.2) is 12.2 Å². The van der Waals surface area contributed by atoms with Crippen molar-refractivity contribution in [2.75, 3.05) is 6.54 Å². The van der Waals surface area contributed by atoms with Crippen molar-refractivity contribution in [3.8, 4) is 0 Å². The molecule has 1 atom stereocenters. The van der Waals surface area contributed by atoms with Crippen LogP contribution in [-0.4, -0.2) is 11.5 Å². The first kappa shape index (κ1) is 10.1. The highest BCUT2D eigenvalue weighted by atomic mass is 16.6. The van der Waals surface area contributed by atoms with Crippen molar-refractivity contribution in [1.29, 1.82) is 0 Å². The predicted octanol–water partition coefficient (Wildman–Crippen LogP) is 2.11. The molecule has 0 aromatic carbocycles. The molecular weight excluding hydrogens is 142 g/mol. The molecule has 0 aliphatic heterocycles. The summed E-state index contributed by atoms with van der Waals surface area (Å²) in [5.41, 5.74) is 0. The van der Waals surface area contributed by atoms with E-state index in [-0.39, 0.29) is 11.5 Å². The zero-order valence-electron chi connectivity index (χ0n) is 7.28. The van der Waals surface area contributed by atoms with Crippen molar-refractivity contribution >= 4 is 0 Å². The molecule has 0 aliphatic rings. The predicted molar refractivity (Wildman–Crippen MR) is 45.0 cm³/mol. The van der Waals surface area contributed by atoms with E-state index in [2.05, 4.69) is 20.8 Å². The Kier molecular flexibility index (Phi) is 4.50. The lowest BCUT2D eigenvalue weighted by Gasteiger charge is -2.08. The van der Waals surface area contributed by atoms with Gasteiger partial charge in [0.2, 0.25) is 6.54 Å². The maximum absolute atomic E-state index is 9.90. The molecule has 0 N–H and O–H groups in total. The molecule has 0 heterocycles. The summed E-state index contributed by atoms with van der Waals surface area (Å²) in [4.78, 5) is 9.58. The highest BCUT2D eigenvalue weighted by Gasteiger charge is 2.01. The van der Waals surface area contributed by atoms with Gasteiger partial charge in [0.05, 0.1) is 0 Å². The summed E-state index contributed by atoms with van der Waals surface area (Å²) in [5, 5.41) is 9.90. The number of hydrogen-bond acceptors (Lipinski definition) is 2. The average Bonchev–Trinajstić information content (AvgIpc) is 1.86. The van der Waals surface area contributed by atoms with Crippen LogP contribution in [-0.2, 0) is 0 Å². The molecule has 3 heteroatoms. The van der Waals surface area contributed by atoms with Crippen LogP contribution >= 0.6 is 0 Å². The number of nitrogens with zero attached hydrogens (tertiary/aromatic N) is 1. The van der Waals surface area contributed by atoms with Gasteiger partial charge in [0.15, 0.2) is 0 Å². The Bertz CT molecular complexity index is 152. The quantitative estimate of drug-likeness (QED) is 0.356. The molecule has 0 unspecified atom stereocenters. The van der Waals surface area contributed by atoms with E-state index in [0.29, 0.717) is 11.8 Å². The lowest BCUT2D eigenvalue weighted by molar-refractivity contribution is -0.468. The summed E-state index contributed by atoms with van der Waals surface area (Å²) >= 11 is 0. The number of hydrogen-bond donors (Lipinski definition) is 0. The van der Waals surface area contributed by atoms with Gasteiger partial charge in [-0.15, -0.1) is 0 Å². The monoisotopic (exact) mass is 157 g/mol. The third kappa shape index (κ3) is 5.58. The van der Waals surface area contributed by atoms with Gasteiger partial charge in [-0.2, -0.15) is 0 Å². The molecule has 0 saturated heterocycles. The average molecular weight is 157 g/mol. The second-order valence-electron chi connectivity index (χ2n) is 3.05.